The van der Waals surface area contributed by atoms with Crippen LogP contribution in [-0.2, 0) is 11.8 Å². The molecule has 2 amide bonds. The summed E-state index contributed by atoms with van der Waals surface area (Å²) in [4.78, 5) is 22.6. The van der Waals surface area contributed by atoms with E-state index in [4.69, 9.17) is 10.5 Å². The maximum absolute atomic E-state index is 11.6. The van der Waals surface area contributed by atoms with Crippen LogP contribution in [0.3, 0.4) is 0 Å². The van der Waals surface area contributed by atoms with Crippen LogP contribution in [0.1, 0.15) is 10.4 Å². The van der Waals surface area contributed by atoms with Crippen LogP contribution >= 0.6 is 0 Å². The molecule has 1 aromatic carbocycles. The van der Waals surface area contributed by atoms with Crippen LogP contribution in [-0.4, -0.2) is 28.2 Å². The average Bonchev–Trinajstić information content (AvgIpc) is 2.82. The first-order chi connectivity index (χ1) is 9.54. The van der Waals surface area contributed by atoms with Gasteiger partial charge in [0.05, 0.1) is 0 Å². The zero-order chi connectivity index (χ0) is 14.5. The highest BCUT2D eigenvalue weighted by Gasteiger charge is 2.07. The first kappa shape index (κ1) is 13.6. The number of aromatic nitrogens is 2. The number of nitrogens with zero attached hydrogens (tertiary/aromatic N) is 2. The molecule has 7 heteroatoms. The number of nitrogens with one attached hydrogen (secondary N) is 1. The Bertz CT molecular complexity index is 636. The third-order valence-corrected chi connectivity index (χ3v) is 2.47. The van der Waals surface area contributed by atoms with Gasteiger partial charge in [-0.2, -0.15) is 5.10 Å². The lowest BCUT2D eigenvalue weighted by Gasteiger charge is -2.06. The Morgan fingerprint density at radius 2 is 2.20 bits per heavy atom. The van der Waals surface area contributed by atoms with Gasteiger partial charge >= 0.3 is 0 Å². The second kappa shape index (κ2) is 5.87. The lowest BCUT2D eigenvalue weighted by Crippen LogP contribution is -2.20. The molecule has 0 unspecified atom stereocenters. The van der Waals surface area contributed by atoms with E-state index >= 15 is 0 Å². The highest BCUT2D eigenvalue weighted by Crippen LogP contribution is 2.13. The maximum atomic E-state index is 11.6. The van der Waals surface area contributed by atoms with Crippen molar-refractivity contribution in [3.63, 3.8) is 0 Å². The third-order valence-electron chi connectivity index (χ3n) is 2.47. The van der Waals surface area contributed by atoms with Crippen molar-refractivity contribution in [3.05, 3.63) is 42.1 Å². The Hall–Kier alpha value is -2.83. The molecule has 2 aromatic rings. The summed E-state index contributed by atoms with van der Waals surface area (Å²) in [5.41, 5.74) is 5.49. The maximum Gasteiger partial charge on any atom is 0.263 e. The molecule has 3 N–H and O–H groups in total. The SMILES string of the molecule is Cn1ccc(NC(=O)COc2cccc(C(N)=O)c2)n1. The van der Waals surface area contributed by atoms with E-state index in [-0.39, 0.29) is 12.5 Å². The summed E-state index contributed by atoms with van der Waals surface area (Å²) in [5, 5.41) is 6.59. The first-order valence-electron chi connectivity index (χ1n) is 5.87. The summed E-state index contributed by atoms with van der Waals surface area (Å²) in [6.07, 6.45) is 1.72. The van der Waals surface area contributed by atoms with E-state index in [2.05, 4.69) is 10.4 Å². The van der Waals surface area contributed by atoms with E-state index in [1.807, 2.05) is 0 Å². The fourth-order valence-corrected chi connectivity index (χ4v) is 1.55. The number of nitrogens with two attached hydrogens (primary N) is 1. The number of rotatable bonds is 5. The minimum atomic E-state index is -0.548. The Morgan fingerprint density at radius 3 is 2.85 bits per heavy atom. The van der Waals surface area contributed by atoms with Crippen molar-refractivity contribution in [2.75, 3.05) is 11.9 Å². The van der Waals surface area contributed by atoms with Crippen molar-refractivity contribution in [3.8, 4) is 5.75 Å². The molecule has 0 spiro atoms. The number of primary amides is 1. The second-order valence-corrected chi connectivity index (χ2v) is 4.10. The second-order valence-electron chi connectivity index (χ2n) is 4.10. The number of anilines is 1. The van der Waals surface area contributed by atoms with Gasteiger partial charge in [0.15, 0.2) is 12.4 Å². The average molecular weight is 274 g/mol. The Labute approximate surface area is 115 Å². The standard InChI is InChI=1S/C13H14N4O3/c1-17-6-5-11(16-17)15-12(18)8-20-10-4-2-3-9(7-10)13(14)19/h2-7H,8H2,1H3,(H2,14,19)(H,15,16,18). The van der Waals surface area contributed by atoms with E-state index in [0.29, 0.717) is 17.1 Å². The fraction of sp³-hybridized carbons (Fsp3) is 0.154. The topological polar surface area (TPSA) is 99.2 Å². The molecule has 0 radical (unpaired) electrons. The minimum Gasteiger partial charge on any atom is -0.484 e. The van der Waals surface area contributed by atoms with Gasteiger partial charge in [-0.1, -0.05) is 6.07 Å². The van der Waals surface area contributed by atoms with E-state index in [1.54, 1.807) is 42.2 Å². The minimum absolute atomic E-state index is 0.182. The van der Waals surface area contributed by atoms with Crippen molar-refractivity contribution in [2.24, 2.45) is 12.8 Å². The van der Waals surface area contributed by atoms with Gasteiger partial charge in [0.2, 0.25) is 5.91 Å². The molecular weight excluding hydrogens is 260 g/mol. The van der Waals surface area contributed by atoms with Crippen molar-refractivity contribution in [2.45, 2.75) is 0 Å². The quantitative estimate of drug-likeness (QED) is 0.831. The van der Waals surface area contributed by atoms with E-state index in [0.717, 1.165) is 0 Å². The van der Waals surface area contributed by atoms with Crippen LogP contribution < -0.4 is 15.8 Å². The molecule has 0 bridgehead atoms. The first-order valence-corrected chi connectivity index (χ1v) is 5.87. The van der Waals surface area contributed by atoms with Crippen LogP contribution in [0.4, 0.5) is 5.82 Å². The molecule has 0 atom stereocenters. The number of amides is 2. The van der Waals surface area contributed by atoms with Crippen LogP contribution in [0, 0.1) is 0 Å². The monoisotopic (exact) mass is 274 g/mol. The summed E-state index contributed by atoms with van der Waals surface area (Å²) in [6, 6.07) is 8.00. The smallest absolute Gasteiger partial charge is 0.263 e. The number of aryl methyl sites for hydroxylation is 1. The Kier molecular flexibility index (Phi) is 3.99. The lowest BCUT2D eigenvalue weighted by atomic mass is 10.2. The third kappa shape index (κ3) is 3.58. The number of carbonyl (C=O) groups is 2. The molecular formula is C13H14N4O3. The predicted molar refractivity (Wildman–Crippen MR) is 72.3 cm³/mol. The normalized spacial score (nSPS) is 10.1. The molecule has 0 aliphatic rings. The van der Waals surface area contributed by atoms with E-state index < -0.39 is 5.91 Å². The summed E-state index contributed by atoms with van der Waals surface area (Å²) in [7, 11) is 1.75. The Morgan fingerprint density at radius 1 is 1.40 bits per heavy atom. The van der Waals surface area contributed by atoms with Crippen LogP contribution in [0.2, 0.25) is 0 Å². The summed E-state index contributed by atoms with van der Waals surface area (Å²) >= 11 is 0. The van der Waals surface area contributed by atoms with Gasteiger partial charge in [0.1, 0.15) is 5.75 Å². The number of carbonyl (C=O) groups excluding carboxylic acids is 2. The highest BCUT2D eigenvalue weighted by molar-refractivity contribution is 5.93. The molecule has 0 saturated carbocycles. The molecule has 7 nitrogen and oxygen atoms in total. The van der Waals surface area contributed by atoms with Crippen LogP contribution in [0.15, 0.2) is 36.5 Å². The molecule has 20 heavy (non-hydrogen) atoms. The molecule has 0 saturated heterocycles. The predicted octanol–water partition coefficient (Wildman–Crippen LogP) is 0.536. The van der Waals surface area contributed by atoms with Gasteiger partial charge in [0.25, 0.3) is 5.91 Å². The largest absolute Gasteiger partial charge is 0.484 e. The molecule has 0 aliphatic heterocycles. The lowest BCUT2D eigenvalue weighted by molar-refractivity contribution is -0.118. The van der Waals surface area contributed by atoms with Crippen molar-refractivity contribution in [1.29, 1.82) is 0 Å². The number of hydrogen-bond acceptors (Lipinski definition) is 4. The van der Waals surface area contributed by atoms with Crippen LogP contribution in [0.25, 0.3) is 0 Å². The zero-order valence-electron chi connectivity index (χ0n) is 10.9. The number of ether oxygens (including phenoxy) is 1. The van der Waals surface area contributed by atoms with Crippen molar-refractivity contribution >= 4 is 17.6 Å². The molecule has 0 aliphatic carbocycles. The zero-order valence-corrected chi connectivity index (χ0v) is 10.9. The van der Waals surface area contributed by atoms with Crippen LogP contribution in [0.5, 0.6) is 5.75 Å². The van der Waals surface area contributed by atoms with Gasteiger partial charge in [-0.05, 0) is 18.2 Å². The van der Waals surface area contributed by atoms with Gasteiger partial charge in [-0.25, -0.2) is 0 Å². The molecule has 2 rings (SSSR count). The van der Waals surface area contributed by atoms with Crippen molar-refractivity contribution in [1.82, 2.24) is 9.78 Å². The summed E-state index contributed by atoms with van der Waals surface area (Å²) in [6.45, 7) is -0.182. The number of hydrogen-bond donors (Lipinski definition) is 2. The van der Waals surface area contributed by atoms with E-state index in [9.17, 15) is 9.59 Å². The van der Waals surface area contributed by atoms with Gasteiger partial charge < -0.3 is 15.8 Å². The fourth-order valence-electron chi connectivity index (χ4n) is 1.55. The van der Waals surface area contributed by atoms with Gasteiger partial charge in [-0.15, -0.1) is 0 Å². The van der Waals surface area contributed by atoms with Gasteiger partial charge in [0, 0.05) is 24.9 Å². The number of benzene rings is 1. The highest BCUT2D eigenvalue weighted by atomic mass is 16.5. The summed E-state index contributed by atoms with van der Waals surface area (Å²) < 4.78 is 6.86. The molecule has 0 fully saturated rings. The van der Waals surface area contributed by atoms with Gasteiger partial charge in [-0.3, -0.25) is 14.3 Å². The van der Waals surface area contributed by atoms with Crippen molar-refractivity contribution < 1.29 is 14.3 Å². The molecule has 1 heterocycles. The molecule has 104 valence electrons. The Balaban J connectivity index is 1.90. The molecule has 1 aromatic heterocycles. The van der Waals surface area contributed by atoms with E-state index in [1.165, 1.54) is 6.07 Å². The summed E-state index contributed by atoms with van der Waals surface area (Å²) in [5.74, 6) is -0.0361.